The lowest BCUT2D eigenvalue weighted by Gasteiger charge is -2.06. The summed E-state index contributed by atoms with van der Waals surface area (Å²) >= 11 is 10.9. The zero-order valence-corrected chi connectivity index (χ0v) is 15.5. The summed E-state index contributed by atoms with van der Waals surface area (Å²) in [5.74, 6) is 0.768. The molecule has 1 amide bonds. The molecule has 134 valence electrons. The van der Waals surface area contributed by atoms with E-state index in [9.17, 15) is 4.79 Å². The van der Waals surface area contributed by atoms with Crippen molar-refractivity contribution in [3.8, 4) is 5.75 Å². The van der Waals surface area contributed by atoms with Gasteiger partial charge in [-0.05, 0) is 55.0 Å². The Morgan fingerprint density at radius 3 is 2.73 bits per heavy atom. The topological polar surface area (TPSA) is 69.3 Å². The van der Waals surface area contributed by atoms with Gasteiger partial charge >= 0.3 is 0 Å². The number of aryl methyl sites for hydroxylation is 1. The molecule has 1 heterocycles. The van der Waals surface area contributed by atoms with E-state index < -0.39 is 0 Å². The molecule has 8 heteroatoms. The number of hydrogen-bond acceptors (Lipinski definition) is 5. The second-order valence-electron chi connectivity index (χ2n) is 5.53. The van der Waals surface area contributed by atoms with Crippen LogP contribution in [0.3, 0.4) is 0 Å². The molecule has 1 aromatic heterocycles. The summed E-state index contributed by atoms with van der Waals surface area (Å²) in [6.45, 7) is 2.01. The molecular weight excluding hydrogens is 374 g/mol. The van der Waals surface area contributed by atoms with Crippen molar-refractivity contribution in [3.05, 3.63) is 69.8 Å². The third-order valence-electron chi connectivity index (χ3n) is 3.51. The maximum atomic E-state index is 12.1. The van der Waals surface area contributed by atoms with E-state index >= 15 is 0 Å². The summed E-state index contributed by atoms with van der Waals surface area (Å²) in [5.41, 5.74) is 1.64. The molecule has 0 bridgehead atoms. The third kappa shape index (κ3) is 4.71. The van der Waals surface area contributed by atoms with Gasteiger partial charge in [-0.25, -0.2) is 4.68 Å². The van der Waals surface area contributed by atoms with Crippen LogP contribution in [0.25, 0.3) is 0 Å². The second-order valence-corrected chi connectivity index (χ2v) is 6.31. The van der Waals surface area contributed by atoms with Crippen molar-refractivity contribution in [3.63, 3.8) is 0 Å². The number of nitrogens with zero attached hydrogens (tertiary/aromatic N) is 2. The quantitative estimate of drug-likeness (QED) is 0.633. The Hall–Kier alpha value is -2.64. The fraction of sp³-hybridized carbons (Fsp3) is 0.167. The SMILES string of the molecule is Cc1ccccc1OCc1nn(CC(=O)Nc2ccc(Cl)cc2)c(=S)o1. The maximum Gasteiger partial charge on any atom is 0.287 e. The summed E-state index contributed by atoms with van der Waals surface area (Å²) in [7, 11) is 0. The van der Waals surface area contributed by atoms with Gasteiger partial charge in [0, 0.05) is 10.7 Å². The van der Waals surface area contributed by atoms with E-state index in [4.69, 9.17) is 33.0 Å². The normalized spacial score (nSPS) is 10.5. The third-order valence-corrected chi connectivity index (χ3v) is 4.06. The Morgan fingerprint density at radius 2 is 2.00 bits per heavy atom. The predicted molar refractivity (Wildman–Crippen MR) is 101 cm³/mol. The Bertz CT molecular complexity index is 966. The molecular formula is C18H16ClN3O3S. The number of anilines is 1. The molecule has 0 radical (unpaired) electrons. The predicted octanol–water partition coefficient (Wildman–Crippen LogP) is 4.39. The number of amides is 1. The first-order valence-electron chi connectivity index (χ1n) is 7.82. The highest BCUT2D eigenvalue weighted by molar-refractivity contribution is 7.71. The highest BCUT2D eigenvalue weighted by Gasteiger charge is 2.11. The van der Waals surface area contributed by atoms with Crippen molar-refractivity contribution in [1.29, 1.82) is 0 Å². The lowest BCUT2D eigenvalue weighted by Crippen LogP contribution is -2.19. The lowest BCUT2D eigenvalue weighted by atomic mass is 10.2. The van der Waals surface area contributed by atoms with E-state index in [0.29, 0.717) is 16.6 Å². The Balaban J connectivity index is 1.61. The van der Waals surface area contributed by atoms with Crippen molar-refractivity contribution < 1.29 is 13.9 Å². The zero-order valence-electron chi connectivity index (χ0n) is 13.9. The molecule has 3 rings (SSSR count). The summed E-state index contributed by atoms with van der Waals surface area (Å²) in [4.78, 5) is 12.2. The second kappa shape index (κ2) is 8.16. The Kier molecular flexibility index (Phi) is 5.70. The van der Waals surface area contributed by atoms with Crippen LogP contribution in [0.1, 0.15) is 11.5 Å². The average Bonchev–Trinajstić information content (AvgIpc) is 2.96. The van der Waals surface area contributed by atoms with E-state index in [-0.39, 0.29) is 23.9 Å². The molecule has 0 spiro atoms. The number of hydrogen-bond donors (Lipinski definition) is 1. The van der Waals surface area contributed by atoms with Gasteiger partial charge in [0.1, 0.15) is 12.3 Å². The molecule has 6 nitrogen and oxygen atoms in total. The van der Waals surface area contributed by atoms with Crippen molar-refractivity contribution in [2.75, 3.05) is 5.32 Å². The van der Waals surface area contributed by atoms with Crippen LogP contribution in [0, 0.1) is 11.8 Å². The number of halogens is 1. The van der Waals surface area contributed by atoms with Crippen molar-refractivity contribution >= 4 is 35.4 Å². The molecule has 1 N–H and O–H groups in total. The molecule has 0 aliphatic carbocycles. The molecule has 0 unspecified atom stereocenters. The molecule has 26 heavy (non-hydrogen) atoms. The molecule has 0 saturated heterocycles. The molecule has 0 saturated carbocycles. The van der Waals surface area contributed by atoms with E-state index in [1.165, 1.54) is 4.68 Å². The number of para-hydroxylation sites is 1. The molecule has 0 atom stereocenters. The van der Waals surface area contributed by atoms with Gasteiger partial charge in [-0.15, -0.1) is 5.10 Å². The molecule has 2 aromatic carbocycles. The minimum atomic E-state index is -0.275. The van der Waals surface area contributed by atoms with Gasteiger partial charge in [0.05, 0.1) is 0 Å². The van der Waals surface area contributed by atoms with Crippen molar-refractivity contribution in [2.24, 2.45) is 0 Å². The number of benzene rings is 2. The first-order chi connectivity index (χ1) is 12.5. The van der Waals surface area contributed by atoms with Gasteiger partial charge in [0.15, 0.2) is 6.61 Å². The standard InChI is InChI=1S/C18H16ClN3O3S/c1-12-4-2-3-5-15(12)24-11-17-21-22(18(26)25-17)10-16(23)20-14-8-6-13(19)7-9-14/h2-9H,10-11H2,1H3,(H,20,23). The minimum absolute atomic E-state index is 0.0602. The van der Waals surface area contributed by atoms with Gasteiger partial charge in [-0.3, -0.25) is 4.79 Å². The number of ether oxygens (including phenoxy) is 1. The number of nitrogens with one attached hydrogen (secondary N) is 1. The van der Waals surface area contributed by atoms with Crippen LogP contribution in [-0.4, -0.2) is 15.7 Å². The van der Waals surface area contributed by atoms with Crippen LogP contribution in [0.4, 0.5) is 5.69 Å². The van der Waals surface area contributed by atoms with Gasteiger partial charge in [0.25, 0.3) is 10.7 Å². The first-order valence-corrected chi connectivity index (χ1v) is 8.60. The van der Waals surface area contributed by atoms with Crippen molar-refractivity contribution in [1.82, 2.24) is 9.78 Å². The monoisotopic (exact) mass is 389 g/mol. The number of aromatic nitrogens is 2. The Morgan fingerprint density at radius 1 is 1.27 bits per heavy atom. The number of carbonyl (C=O) groups is 1. The number of carbonyl (C=O) groups excluding carboxylic acids is 1. The molecule has 0 aliphatic rings. The average molecular weight is 390 g/mol. The summed E-state index contributed by atoms with van der Waals surface area (Å²) in [5, 5.41) is 7.53. The molecule has 3 aromatic rings. The Labute approximate surface area is 160 Å². The molecule has 0 aliphatic heterocycles. The van der Waals surface area contributed by atoms with E-state index in [1.807, 2.05) is 31.2 Å². The smallest absolute Gasteiger partial charge is 0.287 e. The lowest BCUT2D eigenvalue weighted by molar-refractivity contribution is -0.117. The van der Waals surface area contributed by atoms with Gasteiger partial charge in [0.2, 0.25) is 5.91 Å². The zero-order chi connectivity index (χ0) is 18.5. The van der Waals surface area contributed by atoms with Crippen LogP contribution < -0.4 is 10.1 Å². The van der Waals surface area contributed by atoms with Crippen LogP contribution in [-0.2, 0) is 17.9 Å². The van der Waals surface area contributed by atoms with Crippen LogP contribution in [0.5, 0.6) is 5.75 Å². The van der Waals surface area contributed by atoms with Crippen LogP contribution >= 0.6 is 23.8 Å². The minimum Gasteiger partial charge on any atom is -0.484 e. The van der Waals surface area contributed by atoms with E-state index in [2.05, 4.69) is 10.4 Å². The maximum absolute atomic E-state index is 12.1. The molecule has 0 fully saturated rings. The largest absolute Gasteiger partial charge is 0.484 e. The first kappa shape index (κ1) is 18.2. The summed E-state index contributed by atoms with van der Waals surface area (Å²) in [6.07, 6.45) is 0. The van der Waals surface area contributed by atoms with Gasteiger partial charge < -0.3 is 14.5 Å². The van der Waals surface area contributed by atoms with E-state index in [0.717, 1.165) is 11.3 Å². The van der Waals surface area contributed by atoms with Crippen LogP contribution in [0.15, 0.2) is 52.9 Å². The fourth-order valence-corrected chi connectivity index (χ4v) is 2.56. The van der Waals surface area contributed by atoms with E-state index in [1.54, 1.807) is 24.3 Å². The number of rotatable bonds is 6. The fourth-order valence-electron chi connectivity index (χ4n) is 2.24. The van der Waals surface area contributed by atoms with Gasteiger partial charge in [-0.2, -0.15) is 0 Å². The highest BCUT2D eigenvalue weighted by Crippen LogP contribution is 2.17. The van der Waals surface area contributed by atoms with Crippen LogP contribution in [0.2, 0.25) is 5.02 Å². The summed E-state index contributed by atoms with van der Waals surface area (Å²) < 4.78 is 12.4. The highest BCUT2D eigenvalue weighted by atomic mass is 35.5. The van der Waals surface area contributed by atoms with Gasteiger partial charge in [-0.1, -0.05) is 29.8 Å². The summed E-state index contributed by atoms with van der Waals surface area (Å²) in [6, 6.07) is 14.4. The van der Waals surface area contributed by atoms with Crippen molar-refractivity contribution in [2.45, 2.75) is 20.1 Å².